The minimum absolute atomic E-state index is 0.140. The second-order valence-electron chi connectivity index (χ2n) is 4.03. The van der Waals surface area contributed by atoms with Gasteiger partial charge < -0.3 is 10.0 Å². The molecular formula is C14H21NO2S. The molecular weight excluding hydrogens is 246 g/mol. The number of hydrogen-bond donors (Lipinski definition) is 1. The highest BCUT2D eigenvalue weighted by Gasteiger charge is 2.10. The summed E-state index contributed by atoms with van der Waals surface area (Å²) in [5.41, 5.74) is 1.24. The molecule has 4 heteroatoms. The molecule has 0 aromatic heterocycles. The van der Waals surface area contributed by atoms with Crippen LogP contribution in [-0.2, 0) is 10.5 Å². The Hall–Kier alpha value is -1.00. The maximum Gasteiger partial charge on any atom is 0.232 e. The van der Waals surface area contributed by atoms with E-state index < -0.39 is 0 Å². The van der Waals surface area contributed by atoms with E-state index in [1.54, 1.807) is 16.7 Å². The largest absolute Gasteiger partial charge is 0.396 e. The van der Waals surface area contributed by atoms with Crippen molar-refractivity contribution in [3.63, 3.8) is 0 Å². The summed E-state index contributed by atoms with van der Waals surface area (Å²) in [6.07, 6.45) is 0.656. The van der Waals surface area contributed by atoms with Gasteiger partial charge in [-0.1, -0.05) is 30.3 Å². The Kier molecular flexibility index (Phi) is 7.53. The van der Waals surface area contributed by atoms with Gasteiger partial charge in [0.05, 0.1) is 5.75 Å². The molecule has 1 N–H and O–H groups in total. The fraction of sp³-hybridized carbons (Fsp3) is 0.500. The van der Waals surface area contributed by atoms with Gasteiger partial charge in [0.1, 0.15) is 0 Å². The summed E-state index contributed by atoms with van der Waals surface area (Å²) < 4.78 is 0. The summed E-state index contributed by atoms with van der Waals surface area (Å²) in [5, 5.41) is 8.77. The lowest BCUT2D eigenvalue weighted by Gasteiger charge is -2.20. The number of rotatable bonds is 8. The number of benzene rings is 1. The van der Waals surface area contributed by atoms with E-state index in [-0.39, 0.29) is 12.5 Å². The fourth-order valence-corrected chi connectivity index (χ4v) is 2.53. The van der Waals surface area contributed by atoms with Crippen molar-refractivity contribution < 1.29 is 9.90 Å². The Morgan fingerprint density at radius 2 is 2.06 bits per heavy atom. The van der Waals surface area contributed by atoms with Crippen LogP contribution in [0, 0.1) is 0 Å². The van der Waals surface area contributed by atoms with Crippen molar-refractivity contribution in [2.75, 3.05) is 25.4 Å². The first kappa shape index (κ1) is 15.1. The zero-order valence-electron chi connectivity index (χ0n) is 10.8. The van der Waals surface area contributed by atoms with Gasteiger partial charge in [-0.15, -0.1) is 11.8 Å². The number of carbonyl (C=O) groups excluding carboxylic acids is 1. The number of nitrogens with zero attached hydrogens (tertiary/aromatic N) is 1. The van der Waals surface area contributed by atoms with E-state index in [1.165, 1.54) is 5.56 Å². The Morgan fingerprint density at radius 1 is 1.33 bits per heavy atom. The second-order valence-corrected chi connectivity index (χ2v) is 5.01. The van der Waals surface area contributed by atoms with Gasteiger partial charge in [0.2, 0.25) is 5.91 Å². The summed E-state index contributed by atoms with van der Waals surface area (Å²) in [5.74, 6) is 1.53. The van der Waals surface area contributed by atoms with E-state index in [4.69, 9.17) is 5.11 Å². The molecule has 1 aromatic rings. The standard InChI is InChI=1S/C14H21NO2S/c1-2-15(9-6-10-16)14(17)12-18-11-13-7-4-3-5-8-13/h3-5,7-8,16H,2,6,9-12H2,1H3. The van der Waals surface area contributed by atoms with Crippen LogP contribution < -0.4 is 0 Å². The van der Waals surface area contributed by atoms with Gasteiger partial charge in [-0.3, -0.25) is 4.79 Å². The number of hydrogen-bond acceptors (Lipinski definition) is 3. The molecule has 0 atom stereocenters. The molecule has 0 aliphatic rings. The van der Waals surface area contributed by atoms with Crippen LogP contribution in [0.1, 0.15) is 18.9 Å². The lowest BCUT2D eigenvalue weighted by atomic mass is 10.2. The lowest BCUT2D eigenvalue weighted by molar-refractivity contribution is -0.128. The van der Waals surface area contributed by atoms with Gasteiger partial charge >= 0.3 is 0 Å². The molecule has 0 spiro atoms. The molecule has 0 radical (unpaired) electrons. The number of aliphatic hydroxyl groups excluding tert-OH is 1. The van der Waals surface area contributed by atoms with Crippen LogP contribution in [0.25, 0.3) is 0 Å². The maximum absolute atomic E-state index is 11.9. The molecule has 3 nitrogen and oxygen atoms in total. The van der Waals surface area contributed by atoms with Crippen molar-refractivity contribution in [1.82, 2.24) is 4.90 Å². The predicted molar refractivity (Wildman–Crippen MR) is 76.6 cm³/mol. The highest BCUT2D eigenvalue weighted by molar-refractivity contribution is 7.99. The van der Waals surface area contributed by atoms with Gasteiger partial charge in [-0.05, 0) is 18.9 Å². The van der Waals surface area contributed by atoms with Crippen LogP contribution in [0.5, 0.6) is 0 Å². The molecule has 0 aliphatic heterocycles. The van der Waals surface area contributed by atoms with Crippen LogP contribution in [-0.4, -0.2) is 41.4 Å². The number of carbonyl (C=O) groups is 1. The third kappa shape index (κ3) is 5.56. The average molecular weight is 267 g/mol. The highest BCUT2D eigenvalue weighted by atomic mass is 32.2. The number of amides is 1. The SMILES string of the molecule is CCN(CCCO)C(=O)CSCc1ccccc1. The quantitative estimate of drug-likeness (QED) is 0.784. The number of aliphatic hydroxyl groups is 1. The average Bonchev–Trinajstić information content (AvgIpc) is 2.41. The van der Waals surface area contributed by atoms with E-state index >= 15 is 0 Å². The summed E-state index contributed by atoms with van der Waals surface area (Å²) in [6.45, 7) is 3.47. The summed E-state index contributed by atoms with van der Waals surface area (Å²) in [4.78, 5) is 13.7. The second kappa shape index (κ2) is 9.00. The Bertz CT molecular complexity index is 343. The molecule has 0 bridgehead atoms. The molecule has 0 unspecified atom stereocenters. The van der Waals surface area contributed by atoms with Gasteiger partial charge in [0, 0.05) is 25.4 Å². The van der Waals surface area contributed by atoms with Crippen LogP contribution >= 0.6 is 11.8 Å². The summed E-state index contributed by atoms with van der Waals surface area (Å²) in [7, 11) is 0. The molecule has 0 saturated carbocycles. The van der Waals surface area contributed by atoms with Crippen molar-refractivity contribution in [2.45, 2.75) is 19.1 Å². The van der Waals surface area contributed by atoms with Crippen molar-refractivity contribution in [3.05, 3.63) is 35.9 Å². The van der Waals surface area contributed by atoms with E-state index in [0.29, 0.717) is 25.3 Å². The van der Waals surface area contributed by atoms with Gasteiger partial charge in [-0.25, -0.2) is 0 Å². The van der Waals surface area contributed by atoms with E-state index in [9.17, 15) is 4.79 Å². The summed E-state index contributed by atoms with van der Waals surface area (Å²) >= 11 is 1.64. The van der Waals surface area contributed by atoms with Crippen molar-refractivity contribution in [3.8, 4) is 0 Å². The molecule has 1 rings (SSSR count). The van der Waals surface area contributed by atoms with Crippen molar-refractivity contribution >= 4 is 17.7 Å². The topological polar surface area (TPSA) is 40.5 Å². The Labute approximate surface area is 113 Å². The van der Waals surface area contributed by atoms with Crippen LogP contribution in [0.2, 0.25) is 0 Å². The van der Waals surface area contributed by atoms with E-state index in [0.717, 1.165) is 5.75 Å². The first-order chi connectivity index (χ1) is 8.77. The molecule has 0 fully saturated rings. The zero-order chi connectivity index (χ0) is 13.2. The Balaban J connectivity index is 2.27. The minimum Gasteiger partial charge on any atom is -0.396 e. The van der Waals surface area contributed by atoms with Crippen LogP contribution in [0.3, 0.4) is 0 Å². The third-order valence-corrected chi connectivity index (χ3v) is 3.65. The molecule has 0 heterocycles. The van der Waals surface area contributed by atoms with E-state index in [1.807, 2.05) is 25.1 Å². The first-order valence-electron chi connectivity index (χ1n) is 6.28. The number of thioether (sulfide) groups is 1. The van der Waals surface area contributed by atoms with Gasteiger partial charge in [0.15, 0.2) is 0 Å². The van der Waals surface area contributed by atoms with Gasteiger partial charge in [0.25, 0.3) is 0 Å². The van der Waals surface area contributed by atoms with E-state index in [2.05, 4.69) is 12.1 Å². The molecule has 1 amide bonds. The van der Waals surface area contributed by atoms with Crippen molar-refractivity contribution in [1.29, 1.82) is 0 Å². The normalized spacial score (nSPS) is 10.3. The molecule has 100 valence electrons. The third-order valence-electron chi connectivity index (χ3n) is 2.66. The van der Waals surface area contributed by atoms with Crippen molar-refractivity contribution in [2.24, 2.45) is 0 Å². The zero-order valence-corrected chi connectivity index (χ0v) is 11.7. The Morgan fingerprint density at radius 3 is 2.67 bits per heavy atom. The smallest absolute Gasteiger partial charge is 0.232 e. The molecule has 0 saturated heterocycles. The molecule has 0 aliphatic carbocycles. The predicted octanol–water partition coefficient (Wildman–Crippen LogP) is 2.15. The van der Waals surface area contributed by atoms with Gasteiger partial charge in [-0.2, -0.15) is 0 Å². The molecule has 18 heavy (non-hydrogen) atoms. The lowest BCUT2D eigenvalue weighted by Crippen LogP contribution is -2.33. The van der Waals surface area contributed by atoms with Crippen LogP contribution in [0.4, 0.5) is 0 Å². The first-order valence-corrected chi connectivity index (χ1v) is 7.43. The van der Waals surface area contributed by atoms with Crippen LogP contribution in [0.15, 0.2) is 30.3 Å². The summed E-state index contributed by atoms with van der Waals surface area (Å²) in [6, 6.07) is 10.2. The minimum atomic E-state index is 0.140. The maximum atomic E-state index is 11.9. The molecule has 1 aromatic carbocycles. The highest BCUT2D eigenvalue weighted by Crippen LogP contribution is 2.12. The monoisotopic (exact) mass is 267 g/mol. The fourth-order valence-electron chi connectivity index (χ4n) is 1.64.